The zero-order valence-electron chi connectivity index (χ0n) is 23.2. The Hall–Kier alpha value is 0.456. The molecule has 0 amide bonds. The van der Waals surface area contributed by atoms with E-state index in [1.165, 1.54) is 37.0 Å². The predicted octanol–water partition coefficient (Wildman–Crippen LogP) is 10.6. The van der Waals surface area contributed by atoms with Crippen molar-refractivity contribution in [3.05, 3.63) is 91.0 Å². The average molecular weight is 795 g/mol. The van der Waals surface area contributed by atoms with Crippen molar-refractivity contribution in [2.75, 3.05) is 37.0 Å². The molecule has 0 saturated carbocycles. The van der Waals surface area contributed by atoms with Crippen LogP contribution in [-0.2, 0) is 13.2 Å². The molecule has 0 spiro atoms. The molecule has 0 nitrogen and oxygen atoms in total. The summed E-state index contributed by atoms with van der Waals surface area (Å²) in [5, 5.41) is 4.65. The molecule has 209 valence electrons. The maximum atomic E-state index is 4.98. The molecule has 0 saturated heterocycles. The Morgan fingerprint density at radius 2 is 0.568 bits per heavy atom. The summed E-state index contributed by atoms with van der Waals surface area (Å²) >= 11 is -1.98. The third-order valence-corrected chi connectivity index (χ3v) is 13.3. The number of benzene rings is 3. The Bertz CT molecular complexity index is 743. The molecule has 3 rings (SSSR count). The molecule has 0 atom stereocenters. The second kappa shape index (κ2) is 25.4. The molecule has 0 unspecified atom stereocenters. The van der Waals surface area contributed by atoms with Gasteiger partial charge in [0.25, 0.3) is 0 Å². The van der Waals surface area contributed by atoms with Crippen LogP contribution in [-0.4, -0.2) is 37.0 Å². The van der Waals surface area contributed by atoms with Crippen LogP contribution in [0.1, 0.15) is 41.5 Å². The van der Waals surface area contributed by atoms with E-state index in [9.17, 15) is 0 Å². The summed E-state index contributed by atoms with van der Waals surface area (Å²) in [7, 11) is 15.4. The predicted molar refractivity (Wildman–Crippen MR) is 180 cm³/mol. The molecule has 3 aromatic carbocycles. The van der Waals surface area contributed by atoms with E-state index in [1.54, 1.807) is 15.9 Å². The van der Waals surface area contributed by atoms with E-state index in [0.29, 0.717) is 0 Å². The molecule has 0 N–H and O–H groups in total. The van der Waals surface area contributed by atoms with Crippen LogP contribution in [0.15, 0.2) is 91.0 Å². The third kappa shape index (κ3) is 18.4. The standard InChI is InChI=1S/3C10H15P.3ClH.Os/c3*1-3-11(4-2)10-8-6-5-7-9-10;;;;/h3*5-9H,3-4H2,1-2H3;3*1H;/q;;;;;;+3/p-3. The van der Waals surface area contributed by atoms with E-state index in [1.807, 2.05) is 0 Å². The zero-order chi connectivity index (χ0) is 27.9. The van der Waals surface area contributed by atoms with Crippen molar-refractivity contribution in [3.8, 4) is 0 Å². The molecule has 0 fully saturated rings. The SMILES string of the molecule is CCP(CC)c1ccccc1.CCP(CC)c1ccccc1.CCP(CC)c1ccccc1.[Cl][Os]([Cl])[Cl]. The number of hydrogen-bond acceptors (Lipinski definition) is 0. The molecule has 3 aromatic rings. The minimum absolute atomic E-state index is 0.149. The van der Waals surface area contributed by atoms with Crippen LogP contribution in [0.3, 0.4) is 0 Å². The van der Waals surface area contributed by atoms with E-state index in [0.717, 1.165) is 0 Å². The van der Waals surface area contributed by atoms with E-state index < -0.39 is 13.2 Å². The molecular weight excluding hydrogens is 750 g/mol. The van der Waals surface area contributed by atoms with Crippen LogP contribution < -0.4 is 15.9 Å². The van der Waals surface area contributed by atoms with Crippen LogP contribution in [0.25, 0.3) is 0 Å². The van der Waals surface area contributed by atoms with E-state index in [2.05, 4.69) is 133 Å². The molecule has 0 aliphatic carbocycles. The molecule has 0 bridgehead atoms. The molecular formula is C30H45Cl3OsP3. The normalized spacial score (nSPS) is 10.5. The third-order valence-electron chi connectivity index (χ3n) is 5.65. The number of rotatable bonds is 9. The van der Waals surface area contributed by atoms with Crippen molar-refractivity contribution in [1.29, 1.82) is 0 Å². The van der Waals surface area contributed by atoms with E-state index in [4.69, 9.17) is 28.9 Å². The number of hydrogen-bond donors (Lipinski definition) is 0. The van der Waals surface area contributed by atoms with Crippen molar-refractivity contribution in [2.45, 2.75) is 41.5 Å². The maximum absolute atomic E-state index is 4.98. The quantitative estimate of drug-likeness (QED) is 0.189. The summed E-state index contributed by atoms with van der Waals surface area (Å²) in [5.74, 6) is 0. The van der Waals surface area contributed by atoms with Gasteiger partial charge in [0, 0.05) is 0 Å². The van der Waals surface area contributed by atoms with Gasteiger partial charge in [-0.1, -0.05) is 156 Å². The van der Waals surface area contributed by atoms with Crippen LogP contribution >= 0.6 is 52.7 Å². The molecule has 37 heavy (non-hydrogen) atoms. The van der Waals surface area contributed by atoms with Gasteiger partial charge in [0.15, 0.2) is 0 Å². The first-order valence-corrected chi connectivity index (χ1v) is 27.5. The summed E-state index contributed by atoms with van der Waals surface area (Å²) in [6.07, 6.45) is 7.89. The van der Waals surface area contributed by atoms with E-state index >= 15 is 0 Å². The molecule has 0 aliphatic heterocycles. The van der Waals surface area contributed by atoms with Crippen molar-refractivity contribution in [3.63, 3.8) is 0 Å². The van der Waals surface area contributed by atoms with E-state index in [-0.39, 0.29) is 23.8 Å². The Kier molecular flexibility index (Phi) is 25.7. The second-order valence-corrected chi connectivity index (χ2v) is 27.3. The monoisotopic (exact) mass is 795 g/mol. The first kappa shape index (κ1) is 37.5. The van der Waals surface area contributed by atoms with Gasteiger partial charge in [0.05, 0.1) is 0 Å². The van der Waals surface area contributed by atoms with Crippen LogP contribution in [0.5, 0.6) is 0 Å². The molecule has 0 aliphatic rings. The molecule has 0 aromatic heterocycles. The Morgan fingerprint density at radius 3 is 0.703 bits per heavy atom. The Morgan fingerprint density at radius 1 is 0.405 bits per heavy atom. The van der Waals surface area contributed by atoms with Crippen molar-refractivity contribution in [2.24, 2.45) is 0 Å². The summed E-state index contributed by atoms with van der Waals surface area (Å²) < 4.78 is 0. The van der Waals surface area contributed by atoms with Crippen LogP contribution in [0.2, 0.25) is 0 Å². The van der Waals surface area contributed by atoms with Crippen molar-refractivity contribution < 1.29 is 13.2 Å². The summed E-state index contributed by atoms with van der Waals surface area (Å²) in [6.45, 7) is 13.7. The van der Waals surface area contributed by atoms with Gasteiger partial charge >= 0.3 is 42.1 Å². The zero-order valence-corrected chi connectivity index (χ0v) is 30.7. The van der Waals surface area contributed by atoms with Gasteiger partial charge in [0.1, 0.15) is 0 Å². The van der Waals surface area contributed by atoms with Gasteiger partial charge in [-0.15, -0.1) is 0 Å². The Balaban J connectivity index is 0.000000490. The fraction of sp³-hybridized carbons (Fsp3) is 0.400. The first-order valence-electron chi connectivity index (χ1n) is 12.9. The summed E-state index contributed by atoms with van der Waals surface area (Å²) in [4.78, 5) is 0. The molecule has 0 radical (unpaired) electrons. The second-order valence-electron chi connectivity index (χ2n) is 7.68. The molecule has 7 heteroatoms. The fourth-order valence-electron chi connectivity index (χ4n) is 3.68. The van der Waals surface area contributed by atoms with Gasteiger partial charge in [-0.2, -0.15) is 0 Å². The average Bonchev–Trinajstić information content (AvgIpc) is 2.93. The fourth-order valence-corrected chi connectivity index (χ4v) is 9.00. The van der Waals surface area contributed by atoms with Gasteiger partial charge in [-0.25, -0.2) is 0 Å². The van der Waals surface area contributed by atoms with Gasteiger partial charge in [-0.05, 0) is 52.9 Å². The van der Waals surface area contributed by atoms with Gasteiger partial charge in [-0.3, -0.25) is 0 Å². The van der Waals surface area contributed by atoms with Crippen molar-refractivity contribution >= 4 is 68.6 Å². The van der Waals surface area contributed by atoms with Crippen LogP contribution in [0.4, 0.5) is 0 Å². The topological polar surface area (TPSA) is 0 Å². The summed E-state index contributed by atoms with van der Waals surface area (Å²) in [5.41, 5.74) is 0. The number of halogens is 3. The van der Waals surface area contributed by atoms with Crippen molar-refractivity contribution in [1.82, 2.24) is 0 Å². The van der Waals surface area contributed by atoms with Crippen LogP contribution in [0, 0.1) is 0 Å². The van der Waals surface area contributed by atoms with Gasteiger partial charge < -0.3 is 0 Å². The molecule has 0 heterocycles. The summed E-state index contributed by atoms with van der Waals surface area (Å²) in [6, 6.07) is 32.6. The Labute approximate surface area is 249 Å². The first-order chi connectivity index (χ1) is 17.9. The van der Waals surface area contributed by atoms with Gasteiger partial charge in [0.2, 0.25) is 0 Å². The minimum atomic E-state index is -1.98.